The molecule has 2 amide bonds. The van der Waals surface area contributed by atoms with Crippen LogP contribution < -0.4 is 10.2 Å². The van der Waals surface area contributed by atoms with E-state index >= 15 is 0 Å². The average Bonchev–Trinajstić information content (AvgIpc) is 3.37. The van der Waals surface area contributed by atoms with Crippen molar-refractivity contribution in [3.05, 3.63) is 58.6 Å². The smallest absolute Gasteiger partial charge is 0.242 e. The Morgan fingerprint density at radius 3 is 2.20 bits per heavy atom. The number of halogens is 2. The molecule has 1 fully saturated rings. The van der Waals surface area contributed by atoms with Gasteiger partial charge in [0.1, 0.15) is 5.41 Å². The second kappa shape index (κ2) is 7.06. The quantitative estimate of drug-likeness (QED) is 0.764. The summed E-state index contributed by atoms with van der Waals surface area (Å²) in [5.41, 5.74) is 0.268. The molecule has 25 heavy (non-hydrogen) atoms. The first-order chi connectivity index (χ1) is 12.0. The zero-order valence-electron chi connectivity index (χ0n) is 13.8. The number of carbonyl (C=O) groups is 2. The van der Waals surface area contributed by atoms with Crippen molar-refractivity contribution < 1.29 is 9.59 Å². The average molecular weight is 377 g/mol. The molecule has 0 atom stereocenters. The second-order valence-electron chi connectivity index (χ2n) is 6.08. The van der Waals surface area contributed by atoms with Gasteiger partial charge in [-0.2, -0.15) is 0 Å². The molecule has 0 aliphatic heterocycles. The van der Waals surface area contributed by atoms with E-state index in [9.17, 15) is 9.59 Å². The van der Waals surface area contributed by atoms with Crippen LogP contribution >= 0.6 is 23.2 Å². The van der Waals surface area contributed by atoms with Gasteiger partial charge in [0.2, 0.25) is 11.8 Å². The highest BCUT2D eigenvalue weighted by Crippen LogP contribution is 2.48. The van der Waals surface area contributed by atoms with E-state index in [1.54, 1.807) is 23.1 Å². The number of hydrogen-bond acceptors (Lipinski definition) is 2. The van der Waals surface area contributed by atoms with Crippen molar-refractivity contribution in [1.29, 1.82) is 0 Å². The molecule has 1 aliphatic rings. The van der Waals surface area contributed by atoms with Crippen LogP contribution in [0.15, 0.2) is 48.5 Å². The van der Waals surface area contributed by atoms with Gasteiger partial charge in [-0.15, -0.1) is 0 Å². The SMILES string of the molecule is CCN(C(=O)C1(C(=O)Nc2cc(Cl)cc(Cl)c2)CC1)c1ccccc1. The number of para-hydroxylation sites is 1. The number of benzene rings is 2. The maximum absolute atomic E-state index is 13.0. The van der Waals surface area contributed by atoms with Gasteiger partial charge in [-0.05, 0) is 50.1 Å². The molecule has 0 aromatic heterocycles. The third-order valence-corrected chi connectivity index (χ3v) is 4.78. The van der Waals surface area contributed by atoms with Crippen LogP contribution in [0.3, 0.4) is 0 Å². The van der Waals surface area contributed by atoms with Gasteiger partial charge in [0, 0.05) is 28.0 Å². The summed E-state index contributed by atoms with van der Waals surface area (Å²) in [4.78, 5) is 27.5. The fourth-order valence-corrected chi connectivity index (χ4v) is 3.38. The Hall–Kier alpha value is -2.04. The predicted molar refractivity (Wildman–Crippen MR) is 101 cm³/mol. The lowest BCUT2D eigenvalue weighted by atomic mass is 10.0. The van der Waals surface area contributed by atoms with Crippen molar-refractivity contribution in [2.24, 2.45) is 5.41 Å². The van der Waals surface area contributed by atoms with Gasteiger partial charge >= 0.3 is 0 Å². The minimum Gasteiger partial charge on any atom is -0.325 e. The first-order valence-electron chi connectivity index (χ1n) is 8.11. The molecular formula is C19H18Cl2N2O2. The summed E-state index contributed by atoms with van der Waals surface area (Å²) in [5, 5.41) is 3.64. The molecule has 130 valence electrons. The van der Waals surface area contributed by atoms with Crippen molar-refractivity contribution >= 4 is 46.4 Å². The maximum Gasteiger partial charge on any atom is 0.242 e. The van der Waals surface area contributed by atoms with E-state index < -0.39 is 5.41 Å². The lowest BCUT2D eigenvalue weighted by Crippen LogP contribution is -2.43. The van der Waals surface area contributed by atoms with E-state index in [0.29, 0.717) is 35.1 Å². The summed E-state index contributed by atoms with van der Waals surface area (Å²) in [6, 6.07) is 14.2. The van der Waals surface area contributed by atoms with Crippen molar-refractivity contribution in [2.45, 2.75) is 19.8 Å². The highest BCUT2D eigenvalue weighted by Gasteiger charge is 2.58. The molecule has 1 aliphatic carbocycles. The third kappa shape index (κ3) is 3.65. The van der Waals surface area contributed by atoms with Crippen LogP contribution in [0.5, 0.6) is 0 Å². The Morgan fingerprint density at radius 2 is 1.68 bits per heavy atom. The van der Waals surface area contributed by atoms with E-state index in [2.05, 4.69) is 5.32 Å². The number of anilines is 2. The minimum absolute atomic E-state index is 0.174. The molecule has 3 rings (SSSR count). The molecule has 1 N–H and O–H groups in total. The molecule has 0 radical (unpaired) electrons. The number of hydrogen-bond donors (Lipinski definition) is 1. The molecule has 4 nitrogen and oxygen atoms in total. The normalized spacial score (nSPS) is 14.7. The van der Waals surface area contributed by atoms with E-state index in [1.165, 1.54) is 0 Å². The topological polar surface area (TPSA) is 49.4 Å². The monoisotopic (exact) mass is 376 g/mol. The van der Waals surface area contributed by atoms with Crippen molar-refractivity contribution in [2.75, 3.05) is 16.8 Å². The summed E-state index contributed by atoms with van der Waals surface area (Å²) in [6.45, 7) is 2.40. The van der Waals surface area contributed by atoms with Gasteiger partial charge < -0.3 is 10.2 Å². The van der Waals surface area contributed by atoms with Gasteiger partial charge in [0.25, 0.3) is 0 Å². The van der Waals surface area contributed by atoms with Crippen molar-refractivity contribution in [3.8, 4) is 0 Å². The first kappa shape index (κ1) is 17.8. The van der Waals surface area contributed by atoms with Crippen LogP contribution in [0.4, 0.5) is 11.4 Å². The lowest BCUT2D eigenvalue weighted by molar-refractivity contribution is -0.132. The highest BCUT2D eigenvalue weighted by atomic mass is 35.5. The molecule has 1 saturated carbocycles. The summed E-state index contributed by atoms with van der Waals surface area (Å²) in [7, 11) is 0. The number of rotatable bonds is 5. The summed E-state index contributed by atoms with van der Waals surface area (Å²) >= 11 is 11.9. The van der Waals surface area contributed by atoms with Gasteiger partial charge in [0.15, 0.2) is 0 Å². The third-order valence-electron chi connectivity index (χ3n) is 4.34. The molecule has 0 unspecified atom stereocenters. The Morgan fingerprint density at radius 1 is 1.08 bits per heavy atom. The largest absolute Gasteiger partial charge is 0.325 e. The molecule has 6 heteroatoms. The molecule has 0 bridgehead atoms. The molecule has 0 spiro atoms. The van der Waals surface area contributed by atoms with Gasteiger partial charge in [0.05, 0.1) is 0 Å². The number of carbonyl (C=O) groups excluding carboxylic acids is 2. The Labute approximate surface area is 156 Å². The second-order valence-corrected chi connectivity index (χ2v) is 6.95. The molecule has 2 aromatic rings. The van der Waals surface area contributed by atoms with E-state index in [0.717, 1.165) is 5.69 Å². The first-order valence-corrected chi connectivity index (χ1v) is 8.86. The maximum atomic E-state index is 13.0. The molecule has 0 heterocycles. The summed E-state index contributed by atoms with van der Waals surface area (Å²) < 4.78 is 0. The van der Waals surface area contributed by atoms with Crippen molar-refractivity contribution in [3.63, 3.8) is 0 Å². The number of amides is 2. The van der Waals surface area contributed by atoms with Crippen LogP contribution in [0.2, 0.25) is 10.0 Å². The highest BCUT2D eigenvalue weighted by molar-refractivity contribution is 6.35. The number of nitrogens with one attached hydrogen (secondary N) is 1. The summed E-state index contributed by atoms with van der Waals surface area (Å²) in [6.07, 6.45) is 1.07. The van der Waals surface area contributed by atoms with E-state index in [4.69, 9.17) is 23.2 Å². The Balaban J connectivity index is 1.80. The molecule has 2 aromatic carbocycles. The number of nitrogens with zero attached hydrogens (tertiary/aromatic N) is 1. The van der Waals surface area contributed by atoms with Crippen LogP contribution in [0.1, 0.15) is 19.8 Å². The Kier molecular flexibility index (Phi) is 5.02. The fourth-order valence-electron chi connectivity index (χ4n) is 2.85. The van der Waals surface area contributed by atoms with Crippen LogP contribution in [0.25, 0.3) is 0 Å². The molecular weight excluding hydrogens is 359 g/mol. The van der Waals surface area contributed by atoms with E-state index in [-0.39, 0.29) is 11.8 Å². The predicted octanol–water partition coefficient (Wildman–Crippen LogP) is 4.77. The molecule has 0 saturated heterocycles. The minimum atomic E-state index is -1.01. The standard InChI is InChI=1S/C19H18Cl2N2O2/c1-2-23(16-6-4-3-5-7-16)18(25)19(8-9-19)17(24)22-15-11-13(20)10-14(21)12-15/h3-7,10-12H,2,8-9H2,1H3,(H,22,24). The van der Waals surface area contributed by atoms with Crippen LogP contribution in [-0.4, -0.2) is 18.4 Å². The zero-order chi connectivity index (χ0) is 18.0. The van der Waals surface area contributed by atoms with Crippen LogP contribution in [0, 0.1) is 5.41 Å². The van der Waals surface area contributed by atoms with Gasteiger partial charge in [-0.3, -0.25) is 9.59 Å². The lowest BCUT2D eigenvalue weighted by Gasteiger charge is -2.26. The van der Waals surface area contributed by atoms with Crippen LogP contribution in [-0.2, 0) is 9.59 Å². The van der Waals surface area contributed by atoms with Gasteiger partial charge in [-0.1, -0.05) is 41.4 Å². The summed E-state index contributed by atoms with van der Waals surface area (Å²) in [5.74, 6) is -0.489. The van der Waals surface area contributed by atoms with Crippen molar-refractivity contribution in [1.82, 2.24) is 0 Å². The fraction of sp³-hybridized carbons (Fsp3) is 0.263. The Bertz CT molecular complexity index is 784. The zero-order valence-corrected chi connectivity index (χ0v) is 15.3. The van der Waals surface area contributed by atoms with Gasteiger partial charge in [-0.25, -0.2) is 0 Å². The van der Waals surface area contributed by atoms with E-state index in [1.807, 2.05) is 37.3 Å².